The van der Waals surface area contributed by atoms with E-state index >= 15 is 0 Å². The van der Waals surface area contributed by atoms with Crippen LogP contribution in [-0.2, 0) is 35.6 Å². The van der Waals surface area contributed by atoms with E-state index in [9.17, 15) is 18.4 Å². The van der Waals surface area contributed by atoms with Crippen molar-refractivity contribution in [2.75, 3.05) is 0 Å². The molecule has 2 amide bonds. The zero-order valence-electron chi connectivity index (χ0n) is 21.1. The summed E-state index contributed by atoms with van der Waals surface area (Å²) in [6.45, 7) is 0.616. The molecule has 0 bridgehead atoms. The highest BCUT2D eigenvalue weighted by atomic mass is 19.1. The van der Waals surface area contributed by atoms with Crippen LogP contribution < -0.4 is 20.5 Å². The molecule has 0 radical (unpaired) electrons. The Kier molecular flexibility index (Phi) is 9.24. The molecule has 0 unspecified atom stereocenters. The number of amides is 2. The molecule has 0 aromatic heterocycles. The van der Waals surface area contributed by atoms with Crippen LogP contribution in [0.1, 0.15) is 22.3 Å². The number of hydrogen-bond acceptors (Lipinski definition) is 4. The second-order valence-electron chi connectivity index (χ2n) is 8.93. The van der Waals surface area contributed by atoms with Crippen molar-refractivity contribution >= 4 is 11.8 Å². The fourth-order valence-corrected chi connectivity index (χ4v) is 3.95. The van der Waals surface area contributed by atoms with Gasteiger partial charge in [-0.15, -0.1) is 0 Å². The maximum atomic E-state index is 14.0. The van der Waals surface area contributed by atoms with Crippen molar-refractivity contribution in [3.05, 3.63) is 131 Å². The number of benzene rings is 4. The standard InChI is InChI=1S/C31H28F2N2O4/c32-25-12-7-13-26(33)24(25)18-30(36)35-27(31(34)37)16-23-14-15-28(38-19-21-8-3-1-4-9-21)29(17-23)39-20-22-10-5-2-6-11-22/h1-15,17,27H,16,18-20H2,(H2,34,37)(H,35,36)/t27-/m1/s1. The molecule has 4 aromatic carbocycles. The molecule has 0 saturated carbocycles. The molecular formula is C31H28F2N2O4. The summed E-state index contributed by atoms with van der Waals surface area (Å²) in [7, 11) is 0. The largest absolute Gasteiger partial charge is 0.485 e. The first-order valence-electron chi connectivity index (χ1n) is 12.4. The Bertz CT molecular complexity index is 1390. The number of nitrogens with one attached hydrogen (secondary N) is 1. The van der Waals surface area contributed by atoms with Crippen LogP contribution in [0.4, 0.5) is 8.78 Å². The molecular weight excluding hydrogens is 502 g/mol. The fourth-order valence-electron chi connectivity index (χ4n) is 3.95. The molecule has 0 saturated heterocycles. The number of ether oxygens (including phenoxy) is 2. The number of hydrogen-bond donors (Lipinski definition) is 2. The number of nitrogens with two attached hydrogens (primary N) is 1. The van der Waals surface area contributed by atoms with E-state index in [4.69, 9.17) is 15.2 Å². The van der Waals surface area contributed by atoms with Gasteiger partial charge in [0.1, 0.15) is 30.9 Å². The Labute approximate surface area is 225 Å². The van der Waals surface area contributed by atoms with E-state index in [1.807, 2.05) is 60.7 Å². The van der Waals surface area contributed by atoms with Crippen molar-refractivity contribution < 1.29 is 27.8 Å². The minimum Gasteiger partial charge on any atom is -0.485 e. The summed E-state index contributed by atoms with van der Waals surface area (Å²) in [5, 5.41) is 2.49. The monoisotopic (exact) mass is 530 g/mol. The smallest absolute Gasteiger partial charge is 0.240 e. The molecule has 0 aliphatic carbocycles. The Balaban J connectivity index is 1.49. The third-order valence-corrected chi connectivity index (χ3v) is 6.00. The summed E-state index contributed by atoms with van der Waals surface area (Å²) in [6, 6.07) is 26.7. The van der Waals surface area contributed by atoms with Crippen LogP contribution in [0.2, 0.25) is 0 Å². The molecule has 8 heteroatoms. The molecule has 0 fully saturated rings. The lowest BCUT2D eigenvalue weighted by Gasteiger charge is -2.18. The summed E-state index contributed by atoms with van der Waals surface area (Å²) in [5.74, 6) is -2.23. The zero-order chi connectivity index (χ0) is 27.6. The quantitative estimate of drug-likeness (QED) is 0.273. The van der Waals surface area contributed by atoms with Gasteiger partial charge in [-0.05, 0) is 41.0 Å². The predicted molar refractivity (Wildman–Crippen MR) is 143 cm³/mol. The summed E-state index contributed by atoms with van der Waals surface area (Å²) in [4.78, 5) is 24.7. The lowest BCUT2D eigenvalue weighted by atomic mass is 10.0. The van der Waals surface area contributed by atoms with E-state index < -0.39 is 35.9 Å². The number of carbonyl (C=O) groups is 2. The number of rotatable bonds is 12. The average molecular weight is 531 g/mol. The van der Waals surface area contributed by atoms with Crippen LogP contribution >= 0.6 is 0 Å². The van der Waals surface area contributed by atoms with Gasteiger partial charge in [-0.1, -0.05) is 72.8 Å². The topological polar surface area (TPSA) is 90.7 Å². The minimum absolute atomic E-state index is 0.0431. The Morgan fingerprint density at radius 1 is 0.718 bits per heavy atom. The number of halogens is 2. The highest BCUT2D eigenvalue weighted by molar-refractivity contribution is 5.87. The molecule has 0 aliphatic rings. The van der Waals surface area contributed by atoms with Crippen molar-refractivity contribution in [2.45, 2.75) is 32.1 Å². The third-order valence-electron chi connectivity index (χ3n) is 6.00. The van der Waals surface area contributed by atoms with Gasteiger partial charge < -0.3 is 20.5 Å². The molecule has 4 rings (SSSR count). The maximum Gasteiger partial charge on any atom is 0.240 e. The third kappa shape index (κ3) is 7.88. The lowest BCUT2D eigenvalue weighted by molar-refractivity contribution is -0.127. The molecule has 4 aromatic rings. The molecule has 3 N–H and O–H groups in total. The molecule has 200 valence electrons. The van der Waals surface area contributed by atoms with Gasteiger partial charge in [0.25, 0.3) is 0 Å². The van der Waals surface area contributed by atoms with E-state index in [1.165, 1.54) is 6.07 Å². The van der Waals surface area contributed by atoms with Crippen LogP contribution in [0.5, 0.6) is 11.5 Å². The zero-order valence-corrected chi connectivity index (χ0v) is 21.1. The average Bonchev–Trinajstić information content (AvgIpc) is 2.94. The fraction of sp³-hybridized carbons (Fsp3) is 0.161. The highest BCUT2D eigenvalue weighted by Crippen LogP contribution is 2.30. The second kappa shape index (κ2) is 13.2. The van der Waals surface area contributed by atoms with E-state index in [2.05, 4.69) is 5.32 Å². The first-order chi connectivity index (χ1) is 18.9. The van der Waals surface area contributed by atoms with Crippen molar-refractivity contribution in [1.29, 1.82) is 0 Å². The minimum atomic E-state index is -1.11. The van der Waals surface area contributed by atoms with Gasteiger partial charge in [0, 0.05) is 12.0 Å². The van der Waals surface area contributed by atoms with Crippen LogP contribution in [-0.4, -0.2) is 17.9 Å². The van der Waals surface area contributed by atoms with Crippen LogP contribution in [0, 0.1) is 11.6 Å². The molecule has 0 aliphatic heterocycles. The summed E-state index contributed by atoms with van der Waals surface area (Å²) in [5.41, 5.74) is 7.75. The van der Waals surface area contributed by atoms with E-state index in [0.29, 0.717) is 23.7 Å². The molecule has 0 spiro atoms. The van der Waals surface area contributed by atoms with Gasteiger partial charge in [-0.25, -0.2) is 8.78 Å². The molecule has 6 nitrogen and oxygen atoms in total. The van der Waals surface area contributed by atoms with E-state index in [-0.39, 0.29) is 18.6 Å². The number of carbonyl (C=O) groups excluding carboxylic acids is 2. The van der Waals surface area contributed by atoms with E-state index in [1.54, 1.807) is 18.2 Å². The molecule has 1 atom stereocenters. The van der Waals surface area contributed by atoms with Crippen molar-refractivity contribution in [3.8, 4) is 11.5 Å². The second-order valence-corrected chi connectivity index (χ2v) is 8.93. The predicted octanol–water partition coefficient (Wildman–Crippen LogP) is 4.88. The summed E-state index contributed by atoms with van der Waals surface area (Å²) < 4.78 is 40.0. The van der Waals surface area contributed by atoms with Gasteiger partial charge in [0.05, 0.1) is 6.42 Å². The molecule has 39 heavy (non-hydrogen) atoms. The van der Waals surface area contributed by atoms with Gasteiger partial charge in [-0.2, -0.15) is 0 Å². The van der Waals surface area contributed by atoms with Gasteiger partial charge >= 0.3 is 0 Å². The Morgan fingerprint density at radius 3 is 1.85 bits per heavy atom. The molecule has 0 heterocycles. The Morgan fingerprint density at radius 2 is 1.28 bits per heavy atom. The van der Waals surface area contributed by atoms with Crippen molar-refractivity contribution in [3.63, 3.8) is 0 Å². The Hall–Kier alpha value is -4.72. The normalized spacial score (nSPS) is 11.4. The number of primary amides is 1. The van der Waals surface area contributed by atoms with Gasteiger partial charge in [0.15, 0.2) is 11.5 Å². The van der Waals surface area contributed by atoms with Crippen LogP contribution in [0.15, 0.2) is 97.1 Å². The summed E-state index contributed by atoms with van der Waals surface area (Å²) >= 11 is 0. The van der Waals surface area contributed by atoms with Crippen LogP contribution in [0.25, 0.3) is 0 Å². The van der Waals surface area contributed by atoms with Crippen molar-refractivity contribution in [1.82, 2.24) is 5.32 Å². The first-order valence-corrected chi connectivity index (χ1v) is 12.4. The van der Waals surface area contributed by atoms with Crippen LogP contribution in [0.3, 0.4) is 0 Å². The SMILES string of the molecule is NC(=O)[C@@H](Cc1ccc(OCc2ccccc2)c(OCc2ccccc2)c1)NC(=O)Cc1c(F)cccc1F. The van der Waals surface area contributed by atoms with Gasteiger partial charge in [0.2, 0.25) is 11.8 Å². The van der Waals surface area contributed by atoms with Gasteiger partial charge in [-0.3, -0.25) is 9.59 Å². The highest BCUT2D eigenvalue weighted by Gasteiger charge is 2.22. The summed E-state index contributed by atoms with van der Waals surface area (Å²) in [6.07, 6.45) is -0.526. The lowest BCUT2D eigenvalue weighted by Crippen LogP contribution is -2.46. The van der Waals surface area contributed by atoms with Crippen molar-refractivity contribution in [2.24, 2.45) is 5.73 Å². The first kappa shape index (κ1) is 27.3. The van der Waals surface area contributed by atoms with E-state index in [0.717, 1.165) is 23.3 Å². The maximum absolute atomic E-state index is 14.0.